The van der Waals surface area contributed by atoms with Crippen molar-refractivity contribution in [2.24, 2.45) is 7.05 Å². The molecule has 1 aromatic carbocycles. The fourth-order valence-corrected chi connectivity index (χ4v) is 5.48. The first-order chi connectivity index (χ1) is 15.1. The van der Waals surface area contributed by atoms with Crippen LogP contribution in [0.1, 0.15) is 13.3 Å². The van der Waals surface area contributed by atoms with Gasteiger partial charge < -0.3 is 14.7 Å². The van der Waals surface area contributed by atoms with Crippen LogP contribution in [0, 0.1) is 0 Å². The van der Waals surface area contributed by atoms with Crippen LogP contribution in [0.4, 0.5) is 11.5 Å². The third kappa shape index (κ3) is 3.94. The van der Waals surface area contributed by atoms with Gasteiger partial charge in [-0.1, -0.05) is 19.1 Å². The Kier molecular flexibility index (Phi) is 5.43. The smallest absolute Gasteiger partial charge is 0.242 e. The third-order valence-corrected chi connectivity index (χ3v) is 7.34. The Labute approximate surface area is 186 Å². The molecule has 0 saturated carbocycles. The zero-order valence-corrected chi connectivity index (χ0v) is 18.8. The number of amides is 1. The standard InChI is InChI=1S/C22H27N7OS/c1-16-7-8-29(18-5-3-4-6-19(18)31-16)14-20(30)27-9-11-28(12-10-27)22-17-13-25-26(2)21(17)23-15-24-22/h3-6,13,15-16H,7-12,14H2,1-2H3. The highest BCUT2D eigenvalue weighted by Crippen LogP contribution is 2.37. The van der Waals surface area contributed by atoms with Gasteiger partial charge in [-0.05, 0) is 18.6 Å². The SMILES string of the molecule is CC1CCN(CC(=O)N2CCN(c3ncnc4c3cnn4C)CC2)c2ccccc2S1. The minimum atomic E-state index is 0.197. The van der Waals surface area contributed by atoms with Gasteiger partial charge in [0.1, 0.15) is 12.1 Å². The molecule has 162 valence electrons. The molecular formula is C22H27N7OS. The van der Waals surface area contributed by atoms with Gasteiger partial charge >= 0.3 is 0 Å². The molecule has 1 fully saturated rings. The van der Waals surface area contributed by atoms with Crippen LogP contribution in [0.5, 0.6) is 0 Å². The van der Waals surface area contributed by atoms with Crippen LogP contribution < -0.4 is 9.80 Å². The summed E-state index contributed by atoms with van der Waals surface area (Å²) < 4.78 is 1.76. The lowest BCUT2D eigenvalue weighted by Gasteiger charge is -2.36. The number of para-hydroxylation sites is 1. The lowest BCUT2D eigenvalue weighted by atomic mass is 10.2. The number of hydrogen-bond acceptors (Lipinski definition) is 7. The second kappa shape index (κ2) is 8.37. The molecule has 8 nitrogen and oxygen atoms in total. The number of aryl methyl sites for hydroxylation is 1. The van der Waals surface area contributed by atoms with Crippen molar-refractivity contribution in [1.82, 2.24) is 24.6 Å². The summed E-state index contributed by atoms with van der Waals surface area (Å²) in [7, 11) is 1.88. The second-order valence-corrected chi connectivity index (χ2v) is 9.66. The minimum Gasteiger partial charge on any atom is -0.361 e. The van der Waals surface area contributed by atoms with Gasteiger partial charge in [-0.2, -0.15) is 5.10 Å². The first-order valence-corrected chi connectivity index (χ1v) is 11.6. The summed E-state index contributed by atoms with van der Waals surface area (Å²) in [5.41, 5.74) is 2.01. The highest BCUT2D eigenvalue weighted by Gasteiger charge is 2.27. The Morgan fingerprint density at radius 2 is 1.94 bits per heavy atom. The summed E-state index contributed by atoms with van der Waals surface area (Å²) in [6, 6.07) is 8.45. The van der Waals surface area contributed by atoms with E-state index in [1.54, 1.807) is 11.0 Å². The van der Waals surface area contributed by atoms with Gasteiger partial charge in [-0.3, -0.25) is 9.48 Å². The van der Waals surface area contributed by atoms with Crippen molar-refractivity contribution < 1.29 is 4.79 Å². The molecule has 1 atom stereocenters. The van der Waals surface area contributed by atoms with Crippen LogP contribution in [0.15, 0.2) is 41.7 Å². The molecule has 2 aliphatic rings. The number of nitrogens with zero attached hydrogens (tertiary/aromatic N) is 7. The van der Waals surface area contributed by atoms with E-state index in [0.717, 1.165) is 42.9 Å². The number of aromatic nitrogens is 4. The summed E-state index contributed by atoms with van der Waals surface area (Å²) >= 11 is 1.91. The molecule has 0 bridgehead atoms. The monoisotopic (exact) mass is 437 g/mol. The topological polar surface area (TPSA) is 70.4 Å². The van der Waals surface area contributed by atoms with E-state index in [9.17, 15) is 4.79 Å². The molecule has 2 aromatic heterocycles. The van der Waals surface area contributed by atoms with Crippen LogP contribution in [0.3, 0.4) is 0 Å². The number of thioether (sulfide) groups is 1. The largest absolute Gasteiger partial charge is 0.361 e. The molecule has 3 aromatic rings. The van der Waals surface area contributed by atoms with Crippen molar-refractivity contribution in [3.05, 3.63) is 36.8 Å². The molecule has 4 heterocycles. The van der Waals surface area contributed by atoms with Crippen molar-refractivity contribution in [2.45, 2.75) is 23.5 Å². The lowest BCUT2D eigenvalue weighted by Crippen LogP contribution is -2.51. The number of carbonyl (C=O) groups excluding carboxylic acids is 1. The van der Waals surface area contributed by atoms with E-state index in [1.165, 1.54) is 10.6 Å². The van der Waals surface area contributed by atoms with E-state index in [2.05, 4.69) is 56.1 Å². The average molecular weight is 438 g/mol. The van der Waals surface area contributed by atoms with Crippen molar-refractivity contribution in [2.75, 3.05) is 49.1 Å². The van der Waals surface area contributed by atoms with Gasteiger partial charge in [0.2, 0.25) is 5.91 Å². The molecule has 0 spiro atoms. The van der Waals surface area contributed by atoms with Crippen molar-refractivity contribution in [1.29, 1.82) is 0 Å². The Hall–Kier alpha value is -2.81. The first-order valence-electron chi connectivity index (χ1n) is 10.8. The number of fused-ring (bicyclic) bond motifs is 2. The Balaban J connectivity index is 1.25. The zero-order valence-electron chi connectivity index (χ0n) is 17.9. The Bertz CT molecular complexity index is 1090. The van der Waals surface area contributed by atoms with E-state index in [-0.39, 0.29) is 5.91 Å². The van der Waals surface area contributed by atoms with E-state index in [0.29, 0.717) is 24.9 Å². The molecule has 2 aliphatic heterocycles. The normalized spacial score (nSPS) is 19.4. The molecule has 0 aliphatic carbocycles. The summed E-state index contributed by atoms with van der Waals surface area (Å²) in [5.74, 6) is 1.10. The molecular weight excluding hydrogens is 410 g/mol. The number of hydrogen-bond donors (Lipinski definition) is 0. The highest BCUT2D eigenvalue weighted by molar-refractivity contribution is 8.00. The summed E-state index contributed by atoms with van der Waals surface area (Å²) in [5, 5.41) is 5.82. The molecule has 1 unspecified atom stereocenters. The number of rotatable bonds is 3. The van der Waals surface area contributed by atoms with E-state index < -0.39 is 0 Å². The summed E-state index contributed by atoms with van der Waals surface area (Å²) in [6.07, 6.45) is 4.49. The fourth-order valence-electron chi connectivity index (χ4n) is 4.35. The lowest BCUT2D eigenvalue weighted by molar-refractivity contribution is -0.130. The number of anilines is 2. The Morgan fingerprint density at radius 3 is 2.77 bits per heavy atom. The maximum Gasteiger partial charge on any atom is 0.242 e. The number of piperazine rings is 1. The quantitative estimate of drug-likeness (QED) is 0.623. The number of carbonyl (C=O) groups is 1. The van der Waals surface area contributed by atoms with Gasteiger partial charge in [-0.15, -0.1) is 11.8 Å². The van der Waals surface area contributed by atoms with Gasteiger partial charge in [0.25, 0.3) is 0 Å². The van der Waals surface area contributed by atoms with Crippen molar-refractivity contribution in [3.63, 3.8) is 0 Å². The van der Waals surface area contributed by atoms with Gasteiger partial charge in [-0.25, -0.2) is 9.97 Å². The molecule has 0 N–H and O–H groups in total. The van der Waals surface area contributed by atoms with E-state index in [1.807, 2.05) is 29.9 Å². The van der Waals surface area contributed by atoms with Crippen molar-refractivity contribution >= 4 is 40.2 Å². The molecule has 1 saturated heterocycles. The maximum absolute atomic E-state index is 13.1. The first kappa shape index (κ1) is 20.1. The van der Waals surface area contributed by atoms with Crippen LogP contribution in [-0.4, -0.2) is 75.1 Å². The number of benzene rings is 1. The molecule has 5 rings (SSSR count). The van der Waals surface area contributed by atoms with Crippen LogP contribution in [0.2, 0.25) is 0 Å². The fraction of sp³-hybridized carbons (Fsp3) is 0.455. The van der Waals surface area contributed by atoms with Crippen LogP contribution in [0.25, 0.3) is 11.0 Å². The summed E-state index contributed by atoms with van der Waals surface area (Å²) in [4.78, 5) is 29.7. The summed E-state index contributed by atoms with van der Waals surface area (Å²) in [6.45, 7) is 6.53. The Morgan fingerprint density at radius 1 is 1.13 bits per heavy atom. The van der Waals surface area contributed by atoms with Gasteiger partial charge in [0, 0.05) is 49.9 Å². The average Bonchev–Trinajstić information content (AvgIpc) is 3.10. The van der Waals surface area contributed by atoms with Crippen LogP contribution in [-0.2, 0) is 11.8 Å². The maximum atomic E-state index is 13.1. The third-order valence-electron chi connectivity index (χ3n) is 6.11. The molecule has 31 heavy (non-hydrogen) atoms. The predicted octanol–water partition coefficient (Wildman–Crippen LogP) is 2.40. The van der Waals surface area contributed by atoms with E-state index >= 15 is 0 Å². The van der Waals surface area contributed by atoms with Crippen molar-refractivity contribution in [3.8, 4) is 0 Å². The van der Waals surface area contributed by atoms with Crippen LogP contribution >= 0.6 is 11.8 Å². The minimum absolute atomic E-state index is 0.197. The molecule has 9 heteroatoms. The zero-order chi connectivity index (χ0) is 21.4. The predicted molar refractivity (Wildman–Crippen MR) is 124 cm³/mol. The molecule has 1 amide bonds. The second-order valence-electron chi connectivity index (χ2n) is 8.18. The molecule has 0 radical (unpaired) electrons. The highest BCUT2D eigenvalue weighted by atomic mass is 32.2. The van der Waals surface area contributed by atoms with Gasteiger partial charge in [0.15, 0.2) is 5.65 Å². The van der Waals surface area contributed by atoms with E-state index in [4.69, 9.17) is 0 Å². The van der Waals surface area contributed by atoms with Gasteiger partial charge in [0.05, 0.1) is 23.8 Å².